The molecule has 1 aromatic rings. The standard InChI is InChI=1S/C16H27N3O/c20-12-4-8-15-7-3-10-18(15)13-14-9-11-19(17-14)16-5-1-2-6-16/h9,11,15-16,20H,1-8,10,12-13H2. The highest BCUT2D eigenvalue weighted by Crippen LogP contribution is 2.29. The fraction of sp³-hybridized carbons (Fsp3) is 0.812. The lowest BCUT2D eigenvalue weighted by atomic mass is 10.1. The van der Waals surface area contributed by atoms with E-state index < -0.39 is 0 Å². The Bertz CT molecular complexity index is 412. The third kappa shape index (κ3) is 3.23. The lowest BCUT2D eigenvalue weighted by molar-refractivity contribution is 0.207. The zero-order valence-electron chi connectivity index (χ0n) is 12.4. The van der Waals surface area contributed by atoms with Gasteiger partial charge in [0.25, 0.3) is 0 Å². The minimum Gasteiger partial charge on any atom is -0.396 e. The SMILES string of the molecule is OCCCC1CCCN1Cc1ccn(C2CCCC2)n1. The Morgan fingerprint density at radius 2 is 2.05 bits per heavy atom. The molecule has 1 N–H and O–H groups in total. The van der Waals surface area contributed by atoms with Gasteiger partial charge in [-0.15, -0.1) is 0 Å². The first-order valence-corrected chi connectivity index (χ1v) is 8.26. The van der Waals surface area contributed by atoms with Crippen molar-refractivity contribution in [1.29, 1.82) is 0 Å². The van der Waals surface area contributed by atoms with Gasteiger partial charge in [0.05, 0.1) is 11.7 Å². The first kappa shape index (κ1) is 14.1. The Hall–Kier alpha value is -0.870. The van der Waals surface area contributed by atoms with Gasteiger partial charge >= 0.3 is 0 Å². The van der Waals surface area contributed by atoms with Crippen LogP contribution in [-0.4, -0.2) is 39.0 Å². The average Bonchev–Trinajstić information content (AvgIpc) is 3.18. The number of aromatic nitrogens is 2. The van der Waals surface area contributed by atoms with Crippen LogP contribution >= 0.6 is 0 Å². The Kier molecular flexibility index (Phi) is 4.73. The van der Waals surface area contributed by atoms with Gasteiger partial charge in [-0.3, -0.25) is 9.58 Å². The highest BCUT2D eigenvalue weighted by molar-refractivity contribution is 5.01. The molecule has 1 aliphatic carbocycles. The molecule has 4 nitrogen and oxygen atoms in total. The maximum atomic E-state index is 8.99. The molecule has 0 radical (unpaired) electrons. The van der Waals surface area contributed by atoms with Crippen molar-refractivity contribution in [2.75, 3.05) is 13.2 Å². The van der Waals surface area contributed by atoms with E-state index in [1.54, 1.807) is 0 Å². The molecule has 112 valence electrons. The van der Waals surface area contributed by atoms with Crippen molar-refractivity contribution in [3.63, 3.8) is 0 Å². The highest BCUT2D eigenvalue weighted by Gasteiger charge is 2.25. The minimum absolute atomic E-state index is 0.320. The summed E-state index contributed by atoms with van der Waals surface area (Å²) in [6.45, 7) is 2.49. The molecule has 1 unspecified atom stereocenters. The summed E-state index contributed by atoms with van der Waals surface area (Å²) in [5.41, 5.74) is 1.22. The number of aliphatic hydroxyl groups is 1. The van der Waals surface area contributed by atoms with Crippen molar-refractivity contribution >= 4 is 0 Å². The van der Waals surface area contributed by atoms with Gasteiger partial charge in [0.1, 0.15) is 0 Å². The van der Waals surface area contributed by atoms with Crippen LogP contribution in [0.4, 0.5) is 0 Å². The molecule has 2 heterocycles. The van der Waals surface area contributed by atoms with E-state index in [2.05, 4.69) is 21.8 Å². The molecule has 1 atom stereocenters. The molecule has 1 saturated carbocycles. The molecule has 2 aliphatic rings. The molecular formula is C16H27N3O. The summed E-state index contributed by atoms with van der Waals surface area (Å²) in [6.07, 6.45) is 12.1. The van der Waals surface area contributed by atoms with Gasteiger partial charge in [-0.1, -0.05) is 12.8 Å². The van der Waals surface area contributed by atoms with E-state index in [9.17, 15) is 0 Å². The highest BCUT2D eigenvalue weighted by atomic mass is 16.2. The summed E-state index contributed by atoms with van der Waals surface area (Å²) < 4.78 is 2.20. The largest absolute Gasteiger partial charge is 0.396 e. The van der Waals surface area contributed by atoms with Gasteiger partial charge < -0.3 is 5.11 Å². The third-order valence-electron chi connectivity index (χ3n) is 4.92. The van der Waals surface area contributed by atoms with E-state index in [1.807, 2.05) is 0 Å². The van der Waals surface area contributed by atoms with Gasteiger partial charge in [-0.05, 0) is 51.1 Å². The maximum Gasteiger partial charge on any atom is 0.0765 e. The van der Waals surface area contributed by atoms with E-state index in [0.717, 1.165) is 19.4 Å². The second kappa shape index (κ2) is 6.72. The second-order valence-corrected chi connectivity index (χ2v) is 6.36. The Morgan fingerprint density at radius 3 is 2.85 bits per heavy atom. The zero-order valence-corrected chi connectivity index (χ0v) is 12.4. The third-order valence-corrected chi connectivity index (χ3v) is 4.92. The molecule has 4 heteroatoms. The molecule has 0 spiro atoms. The Labute approximate surface area is 121 Å². The zero-order chi connectivity index (χ0) is 13.8. The Balaban J connectivity index is 1.56. The molecule has 0 aromatic carbocycles. The van der Waals surface area contributed by atoms with Crippen molar-refractivity contribution in [1.82, 2.24) is 14.7 Å². The molecule has 1 aliphatic heterocycles. The first-order valence-electron chi connectivity index (χ1n) is 8.26. The summed E-state index contributed by atoms with van der Waals surface area (Å²) in [6, 6.07) is 3.49. The van der Waals surface area contributed by atoms with Crippen LogP contribution < -0.4 is 0 Å². The number of likely N-dealkylation sites (tertiary alicyclic amines) is 1. The number of hydrogen-bond acceptors (Lipinski definition) is 3. The van der Waals surface area contributed by atoms with Crippen molar-refractivity contribution in [2.45, 2.75) is 70.0 Å². The first-order chi connectivity index (χ1) is 9.86. The van der Waals surface area contributed by atoms with E-state index in [1.165, 1.54) is 50.8 Å². The number of nitrogens with zero attached hydrogens (tertiary/aromatic N) is 3. The summed E-state index contributed by atoms with van der Waals surface area (Å²) in [5.74, 6) is 0. The van der Waals surface area contributed by atoms with Crippen molar-refractivity contribution in [2.24, 2.45) is 0 Å². The second-order valence-electron chi connectivity index (χ2n) is 6.36. The number of rotatable bonds is 6. The molecule has 3 rings (SSSR count). The monoisotopic (exact) mass is 277 g/mol. The van der Waals surface area contributed by atoms with Crippen molar-refractivity contribution in [3.05, 3.63) is 18.0 Å². The Morgan fingerprint density at radius 1 is 1.20 bits per heavy atom. The van der Waals surface area contributed by atoms with E-state index in [4.69, 9.17) is 10.2 Å². The molecule has 1 saturated heterocycles. The van der Waals surface area contributed by atoms with Crippen LogP contribution in [0.25, 0.3) is 0 Å². The number of hydrogen-bond donors (Lipinski definition) is 1. The lowest BCUT2D eigenvalue weighted by Gasteiger charge is -2.23. The van der Waals surface area contributed by atoms with Gasteiger partial charge in [0.15, 0.2) is 0 Å². The molecule has 2 fully saturated rings. The quantitative estimate of drug-likeness (QED) is 0.869. The van der Waals surface area contributed by atoms with Crippen molar-refractivity contribution < 1.29 is 5.11 Å². The normalized spacial score (nSPS) is 24.8. The fourth-order valence-electron chi connectivity index (χ4n) is 3.80. The van der Waals surface area contributed by atoms with Crippen LogP contribution in [0.3, 0.4) is 0 Å². The van der Waals surface area contributed by atoms with Gasteiger partial charge in [-0.25, -0.2) is 0 Å². The van der Waals surface area contributed by atoms with Gasteiger partial charge in [-0.2, -0.15) is 5.10 Å². The predicted molar refractivity (Wildman–Crippen MR) is 79.5 cm³/mol. The predicted octanol–water partition coefficient (Wildman–Crippen LogP) is 2.74. The van der Waals surface area contributed by atoms with Crippen LogP contribution in [0, 0.1) is 0 Å². The molecule has 0 amide bonds. The van der Waals surface area contributed by atoms with Gasteiger partial charge in [0, 0.05) is 25.4 Å². The van der Waals surface area contributed by atoms with E-state index in [0.29, 0.717) is 18.7 Å². The summed E-state index contributed by atoms with van der Waals surface area (Å²) in [4.78, 5) is 2.55. The molecule has 1 aromatic heterocycles. The topological polar surface area (TPSA) is 41.3 Å². The van der Waals surface area contributed by atoms with E-state index >= 15 is 0 Å². The summed E-state index contributed by atoms with van der Waals surface area (Å²) in [5, 5.41) is 13.8. The van der Waals surface area contributed by atoms with E-state index in [-0.39, 0.29) is 0 Å². The minimum atomic E-state index is 0.320. The molecule has 0 bridgehead atoms. The summed E-state index contributed by atoms with van der Waals surface area (Å²) >= 11 is 0. The van der Waals surface area contributed by atoms with Crippen LogP contribution in [-0.2, 0) is 6.54 Å². The van der Waals surface area contributed by atoms with Crippen LogP contribution in [0.5, 0.6) is 0 Å². The smallest absolute Gasteiger partial charge is 0.0765 e. The van der Waals surface area contributed by atoms with Crippen LogP contribution in [0.1, 0.15) is 63.1 Å². The van der Waals surface area contributed by atoms with Gasteiger partial charge in [0.2, 0.25) is 0 Å². The van der Waals surface area contributed by atoms with Crippen LogP contribution in [0.15, 0.2) is 12.3 Å². The van der Waals surface area contributed by atoms with Crippen molar-refractivity contribution in [3.8, 4) is 0 Å². The summed E-state index contributed by atoms with van der Waals surface area (Å²) in [7, 11) is 0. The molecule has 20 heavy (non-hydrogen) atoms. The molecular weight excluding hydrogens is 250 g/mol. The number of aliphatic hydroxyl groups excluding tert-OH is 1. The average molecular weight is 277 g/mol. The fourth-order valence-corrected chi connectivity index (χ4v) is 3.80. The maximum absolute atomic E-state index is 8.99. The lowest BCUT2D eigenvalue weighted by Crippen LogP contribution is -2.29. The van der Waals surface area contributed by atoms with Crippen LogP contribution in [0.2, 0.25) is 0 Å².